The lowest BCUT2D eigenvalue weighted by atomic mass is 10.1. The number of halogens is 1. The van der Waals surface area contributed by atoms with E-state index in [4.69, 9.17) is 4.74 Å². The second-order valence-electron chi connectivity index (χ2n) is 5.71. The highest BCUT2D eigenvalue weighted by Gasteiger charge is 2.25. The molecule has 8 heteroatoms. The van der Waals surface area contributed by atoms with Gasteiger partial charge in [0.25, 0.3) is 5.91 Å². The Bertz CT molecular complexity index is 715. The lowest BCUT2D eigenvalue weighted by molar-refractivity contribution is -0.117. The van der Waals surface area contributed by atoms with E-state index in [1.807, 2.05) is 12.1 Å². The van der Waals surface area contributed by atoms with Crippen LogP contribution in [0.4, 0.5) is 5.13 Å². The number of nitrogens with zero attached hydrogens (tertiary/aromatic N) is 2. The molecule has 2 amide bonds. The van der Waals surface area contributed by atoms with Gasteiger partial charge in [-0.05, 0) is 37.1 Å². The molecule has 0 radical (unpaired) electrons. The molecule has 25 heavy (non-hydrogen) atoms. The molecule has 3 rings (SSSR count). The smallest absolute Gasteiger partial charge is 0.254 e. The van der Waals surface area contributed by atoms with Crippen molar-refractivity contribution in [2.45, 2.75) is 18.9 Å². The van der Waals surface area contributed by atoms with Gasteiger partial charge < -0.3 is 15.0 Å². The largest absolute Gasteiger partial charge is 0.376 e. The zero-order valence-electron chi connectivity index (χ0n) is 13.5. The molecule has 1 aliphatic heterocycles. The van der Waals surface area contributed by atoms with Gasteiger partial charge >= 0.3 is 0 Å². The Balaban J connectivity index is 1.70. The van der Waals surface area contributed by atoms with E-state index in [1.54, 1.807) is 28.6 Å². The fraction of sp³-hybridized carbons (Fsp3) is 0.353. The molecule has 1 saturated heterocycles. The Labute approximate surface area is 158 Å². The third-order valence-electron chi connectivity index (χ3n) is 3.84. The zero-order chi connectivity index (χ0) is 17.6. The number of ether oxygens (including phenoxy) is 1. The highest BCUT2D eigenvalue weighted by atomic mass is 79.9. The van der Waals surface area contributed by atoms with Crippen molar-refractivity contribution >= 4 is 44.2 Å². The second kappa shape index (κ2) is 8.55. The Hall–Kier alpha value is -1.77. The van der Waals surface area contributed by atoms with Crippen LogP contribution in [0.3, 0.4) is 0 Å². The minimum atomic E-state index is -0.265. The summed E-state index contributed by atoms with van der Waals surface area (Å²) in [5.41, 5.74) is 0.545. The van der Waals surface area contributed by atoms with Crippen LogP contribution in [0.15, 0.2) is 40.3 Å². The average Bonchev–Trinajstić information content (AvgIpc) is 3.28. The first kappa shape index (κ1) is 18.0. The molecule has 1 aromatic heterocycles. The van der Waals surface area contributed by atoms with Crippen LogP contribution in [0, 0.1) is 0 Å². The SMILES string of the molecule is O=C(CN(CC1CCCO1)C(=O)c1ccc(Br)cc1)Nc1nccs1. The van der Waals surface area contributed by atoms with E-state index >= 15 is 0 Å². The number of hydrogen-bond donors (Lipinski definition) is 1. The fourth-order valence-corrected chi connectivity index (χ4v) is 3.46. The standard InChI is InChI=1S/C17H18BrN3O3S/c18-13-5-3-12(4-6-13)16(23)21(10-14-2-1-8-24-14)11-15(22)20-17-19-7-9-25-17/h3-7,9,14H,1-2,8,10-11H2,(H,19,20,22). The zero-order valence-corrected chi connectivity index (χ0v) is 15.9. The predicted molar refractivity (Wildman–Crippen MR) is 99.8 cm³/mol. The van der Waals surface area contributed by atoms with Crippen molar-refractivity contribution in [1.82, 2.24) is 9.88 Å². The summed E-state index contributed by atoms with van der Waals surface area (Å²) in [7, 11) is 0. The summed E-state index contributed by atoms with van der Waals surface area (Å²) in [6.45, 7) is 1.07. The van der Waals surface area contributed by atoms with E-state index in [-0.39, 0.29) is 24.5 Å². The number of nitrogens with one attached hydrogen (secondary N) is 1. The van der Waals surface area contributed by atoms with Gasteiger partial charge in [0.15, 0.2) is 5.13 Å². The predicted octanol–water partition coefficient (Wildman–Crippen LogP) is 3.17. The van der Waals surface area contributed by atoms with E-state index in [0.717, 1.165) is 17.3 Å². The molecule has 2 heterocycles. The highest BCUT2D eigenvalue weighted by Crippen LogP contribution is 2.17. The first-order valence-electron chi connectivity index (χ1n) is 7.97. The van der Waals surface area contributed by atoms with Gasteiger partial charge in [0.05, 0.1) is 6.10 Å². The number of hydrogen-bond acceptors (Lipinski definition) is 5. The summed E-state index contributed by atoms with van der Waals surface area (Å²) in [5.74, 6) is -0.448. The summed E-state index contributed by atoms with van der Waals surface area (Å²) in [6, 6.07) is 7.11. The third kappa shape index (κ3) is 5.10. The summed E-state index contributed by atoms with van der Waals surface area (Å²) >= 11 is 4.70. The molecular formula is C17H18BrN3O3S. The maximum absolute atomic E-state index is 12.8. The molecule has 2 aromatic rings. The monoisotopic (exact) mass is 423 g/mol. The fourth-order valence-electron chi connectivity index (χ4n) is 2.65. The molecule has 1 aliphatic rings. The topological polar surface area (TPSA) is 71.5 Å². The number of carbonyl (C=O) groups excluding carboxylic acids is 2. The van der Waals surface area contributed by atoms with Gasteiger partial charge in [-0.1, -0.05) is 15.9 Å². The van der Waals surface area contributed by atoms with Gasteiger partial charge in [-0.25, -0.2) is 4.98 Å². The number of aromatic nitrogens is 1. The quantitative estimate of drug-likeness (QED) is 0.774. The normalized spacial score (nSPS) is 16.6. The van der Waals surface area contributed by atoms with E-state index in [9.17, 15) is 9.59 Å². The van der Waals surface area contributed by atoms with Crippen molar-refractivity contribution in [3.63, 3.8) is 0 Å². The molecule has 6 nitrogen and oxygen atoms in total. The molecule has 0 aliphatic carbocycles. The van der Waals surface area contributed by atoms with Crippen LogP contribution in [0.2, 0.25) is 0 Å². The molecule has 0 spiro atoms. The van der Waals surface area contributed by atoms with Crippen molar-refractivity contribution in [1.29, 1.82) is 0 Å². The number of carbonyl (C=O) groups is 2. The van der Waals surface area contributed by atoms with Crippen LogP contribution >= 0.6 is 27.3 Å². The maximum Gasteiger partial charge on any atom is 0.254 e. The lowest BCUT2D eigenvalue weighted by Gasteiger charge is -2.25. The van der Waals surface area contributed by atoms with Crippen LogP contribution in [-0.2, 0) is 9.53 Å². The molecule has 0 bridgehead atoms. The van der Waals surface area contributed by atoms with Crippen molar-refractivity contribution in [2.75, 3.05) is 25.0 Å². The second-order valence-corrected chi connectivity index (χ2v) is 7.52. The van der Waals surface area contributed by atoms with Gasteiger partial charge in [-0.15, -0.1) is 11.3 Å². The number of rotatable bonds is 6. The Morgan fingerprint density at radius 3 is 2.80 bits per heavy atom. The van der Waals surface area contributed by atoms with Gasteiger partial charge in [0.1, 0.15) is 6.54 Å². The van der Waals surface area contributed by atoms with Crippen LogP contribution < -0.4 is 5.32 Å². The number of benzene rings is 1. The summed E-state index contributed by atoms with van der Waals surface area (Å²) in [4.78, 5) is 30.7. The molecule has 1 unspecified atom stereocenters. The molecule has 132 valence electrons. The summed E-state index contributed by atoms with van der Waals surface area (Å²) < 4.78 is 6.53. The average molecular weight is 424 g/mol. The molecule has 0 saturated carbocycles. The number of thiazole rings is 1. The van der Waals surface area contributed by atoms with Crippen LogP contribution in [0.1, 0.15) is 23.2 Å². The van der Waals surface area contributed by atoms with Crippen molar-refractivity contribution in [2.24, 2.45) is 0 Å². The van der Waals surface area contributed by atoms with Gasteiger partial charge in [-0.2, -0.15) is 0 Å². The summed E-state index contributed by atoms with van der Waals surface area (Å²) in [6.07, 6.45) is 3.48. The van der Waals surface area contributed by atoms with E-state index in [2.05, 4.69) is 26.2 Å². The minimum absolute atomic E-state index is 0.0212. The van der Waals surface area contributed by atoms with Gasteiger partial charge in [0.2, 0.25) is 5.91 Å². The van der Waals surface area contributed by atoms with Crippen molar-refractivity contribution in [3.8, 4) is 0 Å². The Kier molecular flexibility index (Phi) is 6.17. The van der Waals surface area contributed by atoms with E-state index < -0.39 is 0 Å². The van der Waals surface area contributed by atoms with Gasteiger partial charge in [-0.3, -0.25) is 9.59 Å². The van der Waals surface area contributed by atoms with Crippen molar-refractivity contribution < 1.29 is 14.3 Å². The molecule has 1 fully saturated rings. The molecule has 1 aromatic carbocycles. The van der Waals surface area contributed by atoms with E-state index in [1.165, 1.54) is 11.3 Å². The van der Waals surface area contributed by atoms with E-state index in [0.29, 0.717) is 23.8 Å². The first-order chi connectivity index (χ1) is 12.1. The Morgan fingerprint density at radius 1 is 1.36 bits per heavy atom. The van der Waals surface area contributed by atoms with Crippen LogP contribution in [0.25, 0.3) is 0 Å². The third-order valence-corrected chi connectivity index (χ3v) is 5.06. The van der Waals surface area contributed by atoms with Crippen LogP contribution in [-0.4, -0.2) is 47.5 Å². The molecular weight excluding hydrogens is 406 g/mol. The molecule has 1 N–H and O–H groups in total. The van der Waals surface area contributed by atoms with Crippen molar-refractivity contribution in [3.05, 3.63) is 45.9 Å². The number of amides is 2. The first-order valence-corrected chi connectivity index (χ1v) is 9.65. The Morgan fingerprint density at radius 2 is 2.16 bits per heavy atom. The van der Waals surface area contributed by atoms with Crippen LogP contribution in [0.5, 0.6) is 0 Å². The summed E-state index contributed by atoms with van der Waals surface area (Å²) in [5, 5.41) is 5.03. The van der Waals surface area contributed by atoms with Gasteiger partial charge in [0, 0.05) is 34.8 Å². The number of anilines is 1. The molecule has 1 atom stereocenters. The lowest BCUT2D eigenvalue weighted by Crippen LogP contribution is -2.42. The highest BCUT2D eigenvalue weighted by molar-refractivity contribution is 9.10. The minimum Gasteiger partial charge on any atom is -0.376 e. The maximum atomic E-state index is 12.8.